The molecule has 0 aromatic heterocycles. The summed E-state index contributed by atoms with van der Waals surface area (Å²) in [6.07, 6.45) is 1.46. The second kappa shape index (κ2) is 5.43. The average molecular weight is 304 g/mol. The van der Waals surface area contributed by atoms with Crippen LogP contribution < -0.4 is 4.74 Å². The maximum atomic E-state index is 11.4. The largest absolute Gasteiger partial charge is 0.485 e. The van der Waals surface area contributed by atoms with E-state index in [0.717, 1.165) is 24.2 Å². The van der Waals surface area contributed by atoms with Gasteiger partial charge in [0.25, 0.3) is 0 Å². The van der Waals surface area contributed by atoms with Crippen molar-refractivity contribution in [1.29, 1.82) is 0 Å². The van der Waals surface area contributed by atoms with Gasteiger partial charge in [-0.2, -0.15) is 0 Å². The highest BCUT2D eigenvalue weighted by Gasteiger charge is 2.26. The fourth-order valence-electron chi connectivity index (χ4n) is 3.36. The van der Waals surface area contributed by atoms with E-state index in [1.54, 1.807) is 12.1 Å². The predicted molar refractivity (Wildman–Crippen MR) is 89.0 cm³/mol. The molecule has 114 valence electrons. The van der Waals surface area contributed by atoms with E-state index in [1.165, 1.54) is 16.3 Å². The molecule has 1 N–H and O–H groups in total. The van der Waals surface area contributed by atoms with Crippen LogP contribution in [0.5, 0.6) is 5.75 Å². The lowest BCUT2D eigenvalue weighted by Crippen LogP contribution is -2.18. The Balaban J connectivity index is 1.75. The summed E-state index contributed by atoms with van der Waals surface area (Å²) < 4.78 is 6.15. The van der Waals surface area contributed by atoms with E-state index in [1.807, 2.05) is 30.3 Å². The molecule has 1 aliphatic rings. The Morgan fingerprint density at radius 2 is 1.78 bits per heavy atom. The van der Waals surface area contributed by atoms with Gasteiger partial charge in [0.1, 0.15) is 11.9 Å². The standard InChI is InChI=1S/C20H16O3/c21-20(22)17-8-4-3-7-15(17)19-12-10-16-14-6-2-1-5-13(14)9-11-18(16)23-19/h1-9,11,19H,10,12H2,(H,21,22). The van der Waals surface area contributed by atoms with E-state index in [4.69, 9.17) is 4.74 Å². The Bertz CT molecular complexity index is 898. The lowest BCUT2D eigenvalue weighted by Gasteiger charge is -2.28. The van der Waals surface area contributed by atoms with Gasteiger partial charge in [-0.1, -0.05) is 48.5 Å². The lowest BCUT2D eigenvalue weighted by molar-refractivity contribution is 0.0689. The van der Waals surface area contributed by atoms with Crippen LogP contribution in [0.25, 0.3) is 10.8 Å². The number of aromatic carboxylic acids is 1. The van der Waals surface area contributed by atoms with Gasteiger partial charge in [0, 0.05) is 11.1 Å². The molecule has 0 saturated carbocycles. The van der Waals surface area contributed by atoms with E-state index < -0.39 is 5.97 Å². The van der Waals surface area contributed by atoms with Crippen molar-refractivity contribution in [3.05, 3.63) is 77.4 Å². The normalized spacial score (nSPS) is 16.6. The number of carbonyl (C=O) groups is 1. The Kier molecular flexibility index (Phi) is 3.27. The number of carboxylic acid groups (broad SMARTS) is 1. The number of benzene rings is 3. The molecule has 23 heavy (non-hydrogen) atoms. The third-order valence-corrected chi connectivity index (χ3v) is 4.46. The van der Waals surface area contributed by atoms with Crippen LogP contribution in [0.4, 0.5) is 0 Å². The Morgan fingerprint density at radius 3 is 2.65 bits per heavy atom. The molecule has 0 radical (unpaired) electrons. The molecule has 1 atom stereocenters. The molecule has 1 heterocycles. The van der Waals surface area contributed by atoms with Gasteiger partial charge in [0.05, 0.1) is 5.56 Å². The first-order chi connectivity index (χ1) is 11.2. The van der Waals surface area contributed by atoms with Crippen LogP contribution in [-0.2, 0) is 6.42 Å². The molecule has 4 rings (SSSR count). The fourth-order valence-corrected chi connectivity index (χ4v) is 3.36. The minimum Gasteiger partial charge on any atom is -0.485 e. The van der Waals surface area contributed by atoms with Crippen LogP contribution in [0.1, 0.15) is 34.0 Å². The zero-order chi connectivity index (χ0) is 15.8. The molecular weight excluding hydrogens is 288 g/mol. The fraction of sp³-hybridized carbons (Fsp3) is 0.150. The Morgan fingerprint density at radius 1 is 1.00 bits per heavy atom. The smallest absolute Gasteiger partial charge is 0.336 e. The SMILES string of the molecule is O=C(O)c1ccccc1C1CCc2c(ccc3ccccc23)O1. The molecule has 3 aromatic rings. The van der Waals surface area contributed by atoms with Gasteiger partial charge in [0.2, 0.25) is 0 Å². The van der Waals surface area contributed by atoms with Crippen LogP contribution in [0, 0.1) is 0 Å². The van der Waals surface area contributed by atoms with Crippen molar-refractivity contribution in [2.24, 2.45) is 0 Å². The lowest BCUT2D eigenvalue weighted by atomic mass is 9.92. The van der Waals surface area contributed by atoms with Gasteiger partial charge in [0.15, 0.2) is 0 Å². The van der Waals surface area contributed by atoms with Crippen molar-refractivity contribution in [2.75, 3.05) is 0 Å². The summed E-state index contributed by atoms with van der Waals surface area (Å²) in [5, 5.41) is 11.8. The Hall–Kier alpha value is -2.81. The summed E-state index contributed by atoms with van der Waals surface area (Å²) in [4.78, 5) is 11.4. The van der Waals surface area contributed by atoms with Crippen molar-refractivity contribution < 1.29 is 14.6 Å². The number of ether oxygens (including phenoxy) is 1. The molecule has 0 bridgehead atoms. The molecule has 0 saturated heterocycles. The highest BCUT2D eigenvalue weighted by molar-refractivity contribution is 5.90. The average Bonchev–Trinajstić information content (AvgIpc) is 2.61. The van der Waals surface area contributed by atoms with Crippen molar-refractivity contribution in [3.63, 3.8) is 0 Å². The first kappa shape index (κ1) is 13.8. The first-order valence-corrected chi connectivity index (χ1v) is 7.73. The summed E-state index contributed by atoms with van der Waals surface area (Å²) in [7, 11) is 0. The number of rotatable bonds is 2. The van der Waals surface area contributed by atoms with Crippen molar-refractivity contribution in [3.8, 4) is 5.75 Å². The van der Waals surface area contributed by atoms with E-state index in [-0.39, 0.29) is 6.10 Å². The summed E-state index contributed by atoms with van der Waals surface area (Å²) >= 11 is 0. The molecule has 3 aromatic carbocycles. The molecule has 0 amide bonds. The molecular formula is C20H16O3. The maximum Gasteiger partial charge on any atom is 0.336 e. The van der Waals surface area contributed by atoms with Gasteiger partial charge in [-0.25, -0.2) is 4.79 Å². The molecule has 0 spiro atoms. The summed E-state index contributed by atoms with van der Waals surface area (Å²) in [6.45, 7) is 0. The quantitative estimate of drug-likeness (QED) is 0.752. The second-order valence-electron chi connectivity index (χ2n) is 5.80. The molecule has 1 unspecified atom stereocenters. The van der Waals surface area contributed by atoms with Crippen LogP contribution in [-0.4, -0.2) is 11.1 Å². The maximum absolute atomic E-state index is 11.4. The van der Waals surface area contributed by atoms with Gasteiger partial charge in [-0.15, -0.1) is 0 Å². The predicted octanol–water partition coefficient (Wildman–Crippen LogP) is 4.60. The minimum atomic E-state index is -0.909. The van der Waals surface area contributed by atoms with Crippen LogP contribution in [0.15, 0.2) is 60.7 Å². The highest BCUT2D eigenvalue weighted by atomic mass is 16.5. The molecule has 0 aliphatic carbocycles. The number of carboxylic acids is 1. The zero-order valence-corrected chi connectivity index (χ0v) is 12.5. The number of hydrogen-bond donors (Lipinski definition) is 1. The summed E-state index contributed by atoms with van der Waals surface area (Å²) in [5.74, 6) is -0.0475. The molecule has 3 nitrogen and oxygen atoms in total. The number of fused-ring (bicyclic) bond motifs is 3. The van der Waals surface area contributed by atoms with Crippen molar-refractivity contribution in [2.45, 2.75) is 18.9 Å². The van der Waals surface area contributed by atoms with E-state index in [0.29, 0.717) is 5.56 Å². The number of hydrogen-bond acceptors (Lipinski definition) is 2. The monoisotopic (exact) mass is 304 g/mol. The van der Waals surface area contributed by atoms with E-state index in [2.05, 4.69) is 18.2 Å². The van der Waals surface area contributed by atoms with Gasteiger partial charge < -0.3 is 9.84 Å². The Labute approximate surface area is 134 Å². The van der Waals surface area contributed by atoms with E-state index in [9.17, 15) is 9.90 Å². The third-order valence-electron chi connectivity index (χ3n) is 4.46. The van der Waals surface area contributed by atoms with Crippen molar-refractivity contribution >= 4 is 16.7 Å². The second-order valence-corrected chi connectivity index (χ2v) is 5.80. The van der Waals surface area contributed by atoms with Gasteiger partial charge in [-0.05, 0) is 35.7 Å². The van der Waals surface area contributed by atoms with Crippen molar-refractivity contribution in [1.82, 2.24) is 0 Å². The number of aryl methyl sites for hydroxylation is 1. The van der Waals surface area contributed by atoms with Gasteiger partial charge >= 0.3 is 5.97 Å². The molecule has 1 aliphatic heterocycles. The van der Waals surface area contributed by atoms with Crippen LogP contribution in [0.3, 0.4) is 0 Å². The third kappa shape index (κ3) is 2.34. The van der Waals surface area contributed by atoms with Crippen LogP contribution >= 0.6 is 0 Å². The topological polar surface area (TPSA) is 46.5 Å². The van der Waals surface area contributed by atoms with Crippen LogP contribution in [0.2, 0.25) is 0 Å². The summed E-state index contributed by atoms with van der Waals surface area (Å²) in [5.41, 5.74) is 2.28. The molecule has 0 fully saturated rings. The van der Waals surface area contributed by atoms with E-state index >= 15 is 0 Å². The highest BCUT2D eigenvalue weighted by Crippen LogP contribution is 2.39. The zero-order valence-electron chi connectivity index (χ0n) is 12.5. The summed E-state index contributed by atoms with van der Waals surface area (Å²) in [6, 6.07) is 19.4. The molecule has 3 heteroatoms. The first-order valence-electron chi connectivity index (χ1n) is 7.73. The van der Waals surface area contributed by atoms with Gasteiger partial charge in [-0.3, -0.25) is 0 Å². The minimum absolute atomic E-state index is 0.212.